The number of Topliss-reactive ketones (excluding diaryl/α,β-unsaturated/α-hetero) is 1. The van der Waals surface area contributed by atoms with Crippen LogP contribution in [0.1, 0.15) is 29.3 Å². The molecule has 3 N–H and O–H groups in total. The van der Waals surface area contributed by atoms with Crippen molar-refractivity contribution in [1.29, 1.82) is 0 Å². The van der Waals surface area contributed by atoms with Gasteiger partial charge in [-0.1, -0.05) is 13.0 Å². The van der Waals surface area contributed by atoms with Gasteiger partial charge >= 0.3 is 0 Å². The van der Waals surface area contributed by atoms with Crippen molar-refractivity contribution >= 4 is 11.5 Å². The number of phenols is 1. The number of aryl methyl sites for hydroxylation is 1. The summed E-state index contributed by atoms with van der Waals surface area (Å²) in [5.41, 5.74) is 7.13. The van der Waals surface area contributed by atoms with Gasteiger partial charge in [-0.05, 0) is 18.6 Å². The Bertz CT molecular complexity index is 345. The number of carbonyl (C=O) groups excluding carboxylic acids is 1. The molecule has 1 rings (SSSR count). The van der Waals surface area contributed by atoms with Crippen molar-refractivity contribution in [2.45, 2.75) is 20.3 Å². The van der Waals surface area contributed by atoms with Gasteiger partial charge in [0.15, 0.2) is 5.78 Å². The van der Waals surface area contributed by atoms with Crippen LogP contribution in [0.2, 0.25) is 0 Å². The van der Waals surface area contributed by atoms with E-state index in [0.29, 0.717) is 12.1 Å². The summed E-state index contributed by atoms with van der Waals surface area (Å²) in [5.74, 6) is -0.159. The van der Waals surface area contributed by atoms with E-state index in [-0.39, 0.29) is 17.1 Å². The van der Waals surface area contributed by atoms with Gasteiger partial charge in [0.2, 0.25) is 0 Å². The summed E-state index contributed by atoms with van der Waals surface area (Å²) in [6, 6.07) is 3.19. The maximum atomic E-state index is 11.4. The summed E-state index contributed by atoms with van der Waals surface area (Å²) in [6.45, 7) is 3.55. The lowest BCUT2D eigenvalue weighted by atomic mass is 10.0. The lowest BCUT2D eigenvalue weighted by Crippen LogP contribution is -2.04. The molecule has 3 heteroatoms. The Kier molecular flexibility index (Phi) is 2.56. The minimum absolute atomic E-state index is 0.0325. The Morgan fingerprint density at radius 1 is 1.54 bits per heavy atom. The van der Waals surface area contributed by atoms with E-state index < -0.39 is 0 Å². The molecule has 0 fully saturated rings. The van der Waals surface area contributed by atoms with Crippen LogP contribution >= 0.6 is 0 Å². The lowest BCUT2D eigenvalue weighted by molar-refractivity contribution is 0.0986. The monoisotopic (exact) mass is 179 g/mol. The highest BCUT2D eigenvalue weighted by Gasteiger charge is 2.14. The van der Waals surface area contributed by atoms with Crippen LogP contribution in [0.5, 0.6) is 5.75 Å². The number of aromatic hydroxyl groups is 1. The van der Waals surface area contributed by atoms with Crippen molar-refractivity contribution in [1.82, 2.24) is 0 Å². The summed E-state index contributed by atoms with van der Waals surface area (Å²) in [6.07, 6.45) is 0.348. The third kappa shape index (κ3) is 1.64. The van der Waals surface area contributed by atoms with Crippen LogP contribution in [0.15, 0.2) is 12.1 Å². The minimum Gasteiger partial charge on any atom is -0.507 e. The molecule has 0 spiro atoms. The Balaban J connectivity index is 3.33. The van der Waals surface area contributed by atoms with Gasteiger partial charge in [0.25, 0.3) is 0 Å². The van der Waals surface area contributed by atoms with Gasteiger partial charge in [-0.25, -0.2) is 0 Å². The van der Waals surface area contributed by atoms with E-state index in [2.05, 4.69) is 0 Å². The van der Waals surface area contributed by atoms with Gasteiger partial charge in [-0.2, -0.15) is 0 Å². The Labute approximate surface area is 77.2 Å². The number of hydrogen-bond donors (Lipinski definition) is 2. The molecule has 0 amide bonds. The highest BCUT2D eigenvalue weighted by atomic mass is 16.3. The number of rotatable bonds is 2. The van der Waals surface area contributed by atoms with Crippen LogP contribution in [-0.4, -0.2) is 10.9 Å². The average molecular weight is 179 g/mol. The summed E-state index contributed by atoms with van der Waals surface area (Å²) < 4.78 is 0. The highest BCUT2D eigenvalue weighted by molar-refractivity contribution is 6.03. The number of hydrogen-bond acceptors (Lipinski definition) is 3. The molecular weight excluding hydrogens is 166 g/mol. The SMILES string of the molecule is CCC(=O)c1c(O)ccc(C)c1N. The number of nitrogens with two attached hydrogens (primary N) is 1. The second-order valence-corrected chi connectivity index (χ2v) is 2.97. The van der Waals surface area contributed by atoms with E-state index in [0.717, 1.165) is 5.56 Å². The molecule has 0 radical (unpaired) electrons. The summed E-state index contributed by atoms with van der Waals surface area (Å²) in [7, 11) is 0. The number of carbonyl (C=O) groups is 1. The molecule has 0 atom stereocenters. The van der Waals surface area contributed by atoms with Gasteiger partial charge < -0.3 is 10.8 Å². The van der Waals surface area contributed by atoms with Crippen molar-refractivity contribution in [3.8, 4) is 5.75 Å². The normalized spacial score (nSPS) is 10.0. The topological polar surface area (TPSA) is 63.3 Å². The van der Waals surface area contributed by atoms with Crippen molar-refractivity contribution in [3.63, 3.8) is 0 Å². The molecule has 0 saturated heterocycles. The molecule has 0 aliphatic carbocycles. The van der Waals surface area contributed by atoms with Crippen LogP contribution in [0.3, 0.4) is 0 Å². The lowest BCUT2D eigenvalue weighted by Gasteiger charge is -2.08. The third-order valence-electron chi connectivity index (χ3n) is 2.04. The largest absolute Gasteiger partial charge is 0.507 e. The number of nitrogen functional groups attached to an aromatic ring is 1. The Hall–Kier alpha value is -1.51. The van der Waals surface area contributed by atoms with E-state index in [1.165, 1.54) is 6.07 Å². The molecule has 1 aromatic rings. The first-order valence-corrected chi connectivity index (χ1v) is 4.19. The molecule has 3 nitrogen and oxygen atoms in total. The highest BCUT2D eigenvalue weighted by Crippen LogP contribution is 2.27. The number of benzene rings is 1. The summed E-state index contributed by atoms with van der Waals surface area (Å²) in [4.78, 5) is 11.4. The van der Waals surface area contributed by atoms with Gasteiger partial charge in [-0.3, -0.25) is 4.79 Å². The summed E-state index contributed by atoms with van der Waals surface area (Å²) in [5, 5.41) is 9.42. The molecule has 1 aromatic carbocycles. The zero-order valence-corrected chi connectivity index (χ0v) is 7.79. The van der Waals surface area contributed by atoms with E-state index in [1.807, 2.05) is 0 Å². The molecule has 0 aliphatic heterocycles. The maximum absolute atomic E-state index is 11.4. The predicted octanol–water partition coefficient (Wildman–Crippen LogP) is 1.88. The zero-order chi connectivity index (χ0) is 10.0. The van der Waals surface area contributed by atoms with E-state index in [4.69, 9.17) is 5.73 Å². The van der Waals surface area contributed by atoms with Gasteiger partial charge in [0, 0.05) is 12.1 Å². The standard InChI is InChI=1S/C10H13NO2/c1-3-7(12)9-8(13)5-4-6(2)10(9)11/h4-5,13H,3,11H2,1-2H3. The van der Waals surface area contributed by atoms with Crippen LogP contribution in [-0.2, 0) is 0 Å². The fourth-order valence-electron chi connectivity index (χ4n) is 1.18. The first kappa shape index (κ1) is 9.58. The van der Waals surface area contributed by atoms with Crippen LogP contribution in [0.25, 0.3) is 0 Å². The maximum Gasteiger partial charge on any atom is 0.168 e. The average Bonchev–Trinajstić information content (AvgIpc) is 2.12. The van der Waals surface area contributed by atoms with E-state index >= 15 is 0 Å². The first-order valence-electron chi connectivity index (χ1n) is 4.19. The van der Waals surface area contributed by atoms with Crippen LogP contribution < -0.4 is 5.73 Å². The summed E-state index contributed by atoms with van der Waals surface area (Å²) >= 11 is 0. The number of ketones is 1. The third-order valence-corrected chi connectivity index (χ3v) is 2.04. The van der Waals surface area contributed by atoms with Crippen molar-refractivity contribution < 1.29 is 9.90 Å². The van der Waals surface area contributed by atoms with Gasteiger partial charge in [0.05, 0.1) is 5.56 Å². The van der Waals surface area contributed by atoms with Crippen LogP contribution in [0, 0.1) is 6.92 Å². The number of phenolic OH excluding ortho intramolecular Hbond substituents is 1. The molecule has 70 valence electrons. The van der Waals surface area contributed by atoms with Crippen molar-refractivity contribution in [2.75, 3.05) is 5.73 Å². The minimum atomic E-state index is -0.126. The zero-order valence-electron chi connectivity index (χ0n) is 7.79. The molecule has 0 saturated carbocycles. The molecule has 0 unspecified atom stereocenters. The molecule has 0 bridgehead atoms. The van der Waals surface area contributed by atoms with E-state index in [1.54, 1.807) is 19.9 Å². The Morgan fingerprint density at radius 2 is 2.15 bits per heavy atom. The molecule has 0 heterocycles. The smallest absolute Gasteiger partial charge is 0.168 e. The van der Waals surface area contributed by atoms with Crippen molar-refractivity contribution in [3.05, 3.63) is 23.3 Å². The first-order chi connectivity index (χ1) is 6.07. The second kappa shape index (κ2) is 3.47. The molecule has 0 aromatic heterocycles. The predicted molar refractivity (Wildman–Crippen MR) is 51.9 cm³/mol. The van der Waals surface area contributed by atoms with Crippen molar-refractivity contribution in [2.24, 2.45) is 0 Å². The fraction of sp³-hybridized carbons (Fsp3) is 0.300. The Morgan fingerprint density at radius 3 is 2.69 bits per heavy atom. The molecular formula is C10H13NO2. The van der Waals surface area contributed by atoms with E-state index in [9.17, 15) is 9.90 Å². The van der Waals surface area contributed by atoms with Crippen LogP contribution in [0.4, 0.5) is 5.69 Å². The number of anilines is 1. The second-order valence-electron chi connectivity index (χ2n) is 2.97. The molecule has 13 heavy (non-hydrogen) atoms. The van der Waals surface area contributed by atoms with Gasteiger partial charge in [0.1, 0.15) is 5.75 Å². The molecule has 0 aliphatic rings. The van der Waals surface area contributed by atoms with Gasteiger partial charge in [-0.15, -0.1) is 0 Å². The quantitative estimate of drug-likeness (QED) is 0.538. The fourth-order valence-corrected chi connectivity index (χ4v) is 1.18.